The van der Waals surface area contributed by atoms with Crippen molar-refractivity contribution in [2.24, 2.45) is 5.73 Å². The standard InChI is InChI=1S/C15H14F2N2O/c1-9-2-3-10(8-13(9)17)14(15(18)20)19-12-6-4-11(16)5-7-12/h2-8,14,19H,1H3,(H2,18,20). The smallest absolute Gasteiger partial charge is 0.244 e. The Kier molecular flexibility index (Phi) is 3.98. The zero-order chi connectivity index (χ0) is 14.7. The van der Waals surface area contributed by atoms with Gasteiger partial charge in [-0.25, -0.2) is 8.78 Å². The topological polar surface area (TPSA) is 55.1 Å². The number of carbonyl (C=O) groups excluding carboxylic acids is 1. The molecule has 0 radical (unpaired) electrons. The summed E-state index contributed by atoms with van der Waals surface area (Å²) in [4.78, 5) is 11.5. The van der Waals surface area contributed by atoms with Crippen LogP contribution in [0.25, 0.3) is 0 Å². The SMILES string of the molecule is Cc1ccc(C(Nc2ccc(F)cc2)C(N)=O)cc1F. The van der Waals surface area contributed by atoms with Gasteiger partial charge in [0.2, 0.25) is 5.91 Å². The van der Waals surface area contributed by atoms with Crippen LogP contribution in [0.5, 0.6) is 0 Å². The Hall–Kier alpha value is -2.43. The van der Waals surface area contributed by atoms with Crippen LogP contribution in [0, 0.1) is 18.6 Å². The average molecular weight is 276 g/mol. The molecule has 0 saturated heterocycles. The molecule has 5 heteroatoms. The van der Waals surface area contributed by atoms with Gasteiger partial charge in [0, 0.05) is 5.69 Å². The van der Waals surface area contributed by atoms with Crippen molar-refractivity contribution in [3.05, 3.63) is 65.2 Å². The molecule has 0 aliphatic carbocycles. The highest BCUT2D eigenvalue weighted by Crippen LogP contribution is 2.21. The van der Waals surface area contributed by atoms with Crippen molar-refractivity contribution in [2.45, 2.75) is 13.0 Å². The molecule has 3 N–H and O–H groups in total. The lowest BCUT2D eigenvalue weighted by molar-refractivity contribution is -0.118. The number of carbonyl (C=O) groups is 1. The van der Waals surface area contributed by atoms with Gasteiger partial charge in [-0.2, -0.15) is 0 Å². The van der Waals surface area contributed by atoms with E-state index in [9.17, 15) is 13.6 Å². The van der Waals surface area contributed by atoms with E-state index < -0.39 is 17.8 Å². The largest absolute Gasteiger partial charge is 0.370 e. The van der Waals surface area contributed by atoms with E-state index in [1.807, 2.05) is 0 Å². The normalized spacial score (nSPS) is 11.9. The molecule has 0 saturated carbocycles. The molecule has 20 heavy (non-hydrogen) atoms. The minimum atomic E-state index is -0.879. The summed E-state index contributed by atoms with van der Waals surface area (Å²) < 4.78 is 26.4. The number of nitrogens with one attached hydrogen (secondary N) is 1. The third-order valence-corrected chi connectivity index (χ3v) is 2.97. The van der Waals surface area contributed by atoms with Crippen LogP contribution in [0.15, 0.2) is 42.5 Å². The summed E-state index contributed by atoms with van der Waals surface area (Å²) in [5, 5.41) is 2.86. The lowest BCUT2D eigenvalue weighted by atomic mass is 10.0. The highest BCUT2D eigenvalue weighted by Gasteiger charge is 2.18. The number of hydrogen-bond donors (Lipinski definition) is 2. The molecule has 1 atom stereocenters. The molecule has 0 aliphatic rings. The maximum Gasteiger partial charge on any atom is 0.244 e. The molecule has 0 heterocycles. The van der Waals surface area contributed by atoms with Crippen LogP contribution in [0.3, 0.4) is 0 Å². The molecule has 0 aromatic heterocycles. The highest BCUT2D eigenvalue weighted by molar-refractivity contribution is 5.84. The molecule has 0 bridgehead atoms. The minimum absolute atomic E-state index is 0.382. The average Bonchev–Trinajstić information content (AvgIpc) is 2.41. The van der Waals surface area contributed by atoms with Gasteiger partial charge >= 0.3 is 0 Å². The predicted octanol–water partition coefficient (Wildman–Crippen LogP) is 2.91. The number of amides is 1. The van der Waals surface area contributed by atoms with Gasteiger partial charge in [-0.3, -0.25) is 4.79 Å². The van der Waals surface area contributed by atoms with Crippen LogP contribution in [0.2, 0.25) is 0 Å². The number of primary amides is 1. The first-order valence-corrected chi connectivity index (χ1v) is 6.05. The maximum absolute atomic E-state index is 13.6. The fraction of sp³-hybridized carbons (Fsp3) is 0.133. The number of hydrogen-bond acceptors (Lipinski definition) is 2. The number of halogens is 2. The third kappa shape index (κ3) is 3.12. The molecule has 104 valence electrons. The van der Waals surface area contributed by atoms with Gasteiger partial charge in [0.15, 0.2) is 0 Å². The monoisotopic (exact) mass is 276 g/mol. The van der Waals surface area contributed by atoms with Crippen molar-refractivity contribution < 1.29 is 13.6 Å². The summed E-state index contributed by atoms with van der Waals surface area (Å²) in [5.41, 5.74) is 6.77. The van der Waals surface area contributed by atoms with E-state index in [2.05, 4.69) is 5.32 Å². The van der Waals surface area contributed by atoms with Crippen LogP contribution < -0.4 is 11.1 Å². The second-order valence-electron chi connectivity index (χ2n) is 4.50. The van der Waals surface area contributed by atoms with Crippen molar-refractivity contribution in [1.29, 1.82) is 0 Å². The Morgan fingerprint density at radius 2 is 1.80 bits per heavy atom. The molecule has 2 aromatic rings. The Morgan fingerprint density at radius 1 is 1.15 bits per heavy atom. The van der Waals surface area contributed by atoms with Crippen LogP contribution in [0.4, 0.5) is 14.5 Å². The lowest BCUT2D eigenvalue weighted by Crippen LogP contribution is -2.27. The highest BCUT2D eigenvalue weighted by atomic mass is 19.1. The lowest BCUT2D eigenvalue weighted by Gasteiger charge is -2.17. The first kappa shape index (κ1) is 14.0. The van der Waals surface area contributed by atoms with E-state index in [4.69, 9.17) is 5.73 Å². The first-order chi connectivity index (χ1) is 9.47. The predicted molar refractivity (Wildman–Crippen MR) is 73.1 cm³/mol. The van der Waals surface area contributed by atoms with Crippen LogP contribution >= 0.6 is 0 Å². The molecule has 1 unspecified atom stereocenters. The summed E-state index contributed by atoms with van der Waals surface area (Å²) in [6, 6.07) is 9.08. The second kappa shape index (κ2) is 5.69. The molecule has 2 aromatic carbocycles. The van der Waals surface area contributed by atoms with Gasteiger partial charge in [0.1, 0.15) is 17.7 Å². The molecule has 2 rings (SSSR count). The van der Waals surface area contributed by atoms with Gasteiger partial charge in [-0.15, -0.1) is 0 Å². The van der Waals surface area contributed by atoms with E-state index in [0.717, 1.165) is 0 Å². The molecular formula is C15H14F2N2O. The van der Waals surface area contributed by atoms with Crippen molar-refractivity contribution in [3.8, 4) is 0 Å². The Bertz CT molecular complexity index is 626. The molecular weight excluding hydrogens is 262 g/mol. The van der Waals surface area contributed by atoms with Gasteiger partial charge in [0.25, 0.3) is 0 Å². The van der Waals surface area contributed by atoms with E-state index in [-0.39, 0.29) is 5.82 Å². The summed E-state index contributed by atoms with van der Waals surface area (Å²) in [5.74, 6) is -1.43. The van der Waals surface area contributed by atoms with E-state index in [1.165, 1.54) is 30.3 Å². The van der Waals surface area contributed by atoms with Crippen LogP contribution in [-0.4, -0.2) is 5.91 Å². The Balaban J connectivity index is 2.29. The molecule has 3 nitrogen and oxygen atoms in total. The molecule has 0 spiro atoms. The number of rotatable bonds is 4. The minimum Gasteiger partial charge on any atom is -0.370 e. The second-order valence-corrected chi connectivity index (χ2v) is 4.50. The first-order valence-electron chi connectivity index (χ1n) is 6.05. The van der Waals surface area contributed by atoms with Gasteiger partial charge in [-0.05, 0) is 48.4 Å². The Labute approximate surface area is 115 Å². The zero-order valence-corrected chi connectivity index (χ0v) is 10.9. The van der Waals surface area contributed by atoms with Gasteiger partial charge < -0.3 is 11.1 Å². The maximum atomic E-state index is 13.6. The number of anilines is 1. The zero-order valence-electron chi connectivity index (χ0n) is 10.9. The van der Waals surface area contributed by atoms with Crippen LogP contribution in [-0.2, 0) is 4.79 Å². The Morgan fingerprint density at radius 3 is 2.35 bits per heavy atom. The summed E-state index contributed by atoms with van der Waals surface area (Å²) >= 11 is 0. The van der Waals surface area contributed by atoms with Crippen molar-refractivity contribution in [1.82, 2.24) is 0 Å². The van der Waals surface area contributed by atoms with Crippen molar-refractivity contribution in [2.75, 3.05) is 5.32 Å². The molecule has 1 amide bonds. The number of aryl methyl sites for hydroxylation is 1. The van der Waals surface area contributed by atoms with E-state index in [1.54, 1.807) is 19.1 Å². The molecule has 0 fully saturated rings. The summed E-state index contributed by atoms with van der Waals surface area (Å²) in [6.45, 7) is 1.63. The number of nitrogens with two attached hydrogens (primary N) is 1. The fourth-order valence-corrected chi connectivity index (χ4v) is 1.82. The third-order valence-electron chi connectivity index (χ3n) is 2.97. The summed E-state index contributed by atoms with van der Waals surface area (Å²) in [7, 11) is 0. The summed E-state index contributed by atoms with van der Waals surface area (Å²) in [6.07, 6.45) is 0. The number of benzene rings is 2. The fourth-order valence-electron chi connectivity index (χ4n) is 1.82. The molecule has 0 aliphatic heterocycles. The van der Waals surface area contributed by atoms with Crippen molar-refractivity contribution in [3.63, 3.8) is 0 Å². The van der Waals surface area contributed by atoms with Crippen LogP contribution in [0.1, 0.15) is 17.2 Å². The van der Waals surface area contributed by atoms with Gasteiger partial charge in [-0.1, -0.05) is 12.1 Å². The van der Waals surface area contributed by atoms with Crippen molar-refractivity contribution >= 4 is 11.6 Å². The van der Waals surface area contributed by atoms with Gasteiger partial charge in [0.05, 0.1) is 0 Å². The quantitative estimate of drug-likeness (QED) is 0.902. The van der Waals surface area contributed by atoms with E-state index >= 15 is 0 Å². The van der Waals surface area contributed by atoms with E-state index in [0.29, 0.717) is 16.8 Å².